The molecule has 0 N–H and O–H groups in total. The Morgan fingerprint density at radius 3 is 1.25 bits per heavy atom. The maximum atomic E-state index is 7.19. The Balaban J connectivity index is 0.986. The van der Waals surface area contributed by atoms with E-state index in [4.69, 9.17) is 13.3 Å². The molecule has 5 nitrogen and oxygen atoms in total. The van der Waals surface area contributed by atoms with Crippen molar-refractivity contribution >= 4 is 163 Å². The molecule has 0 atom stereocenters. The number of benzene rings is 10. The maximum absolute atomic E-state index is 7.19. The maximum Gasteiger partial charge on any atom is 0.159 e. The summed E-state index contributed by atoms with van der Waals surface area (Å²) in [6, 6.07) is 73.7. The van der Waals surface area contributed by atoms with Crippen molar-refractivity contribution < 1.29 is 13.3 Å². The summed E-state index contributed by atoms with van der Waals surface area (Å²) < 4.78 is 25.0. The van der Waals surface area contributed by atoms with Crippen LogP contribution in [0.15, 0.2) is 220 Å². The summed E-state index contributed by atoms with van der Waals surface area (Å²) in [6.45, 7) is 0. The van der Waals surface area contributed by atoms with Crippen molar-refractivity contribution in [2.45, 2.75) is 0 Å². The topological polar surface area (TPSA) is 45.9 Å². The number of para-hydroxylation sites is 3. The van der Waals surface area contributed by atoms with E-state index in [9.17, 15) is 0 Å². The van der Waals surface area contributed by atoms with Crippen molar-refractivity contribution in [3.8, 4) is 0 Å². The lowest BCUT2D eigenvalue weighted by atomic mass is 10.0. The van der Waals surface area contributed by atoms with Gasteiger partial charge in [-0.15, -0.1) is 22.7 Å². The quantitative estimate of drug-likeness (QED) is 0.166. The SMILES string of the molecule is c1ccc2c(c1)oc1ccc(N(c3ccc4sc5ccccc5c4c3)c3cccc4c3oc3cccc(N(c5ccc6oc7ccccc7c6c5)c5ccc6sc7ccccc7c6c5)c34)cc12. The lowest BCUT2D eigenvalue weighted by molar-refractivity contribution is 0.668. The molecule has 7 heteroatoms. The van der Waals surface area contributed by atoms with E-state index >= 15 is 0 Å². The molecule has 15 aromatic rings. The highest BCUT2D eigenvalue weighted by Crippen LogP contribution is 2.50. The van der Waals surface area contributed by atoms with Gasteiger partial charge in [-0.2, -0.15) is 0 Å². The molecule has 15 rings (SSSR count). The fourth-order valence-electron chi connectivity index (χ4n) is 10.4. The van der Waals surface area contributed by atoms with Gasteiger partial charge in [0.2, 0.25) is 0 Å². The molecule has 0 fully saturated rings. The normalized spacial score (nSPS) is 12.2. The molecule has 0 saturated heterocycles. The van der Waals surface area contributed by atoms with Gasteiger partial charge in [-0.1, -0.05) is 91.0 Å². The average Bonchev–Trinajstić information content (AvgIpc) is 4.20. The van der Waals surface area contributed by atoms with Crippen LogP contribution in [-0.2, 0) is 0 Å². The molecule has 0 spiro atoms. The number of anilines is 6. The molecule has 314 valence electrons. The number of hydrogen-bond donors (Lipinski definition) is 0. The van der Waals surface area contributed by atoms with Gasteiger partial charge in [0.1, 0.15) is 27.9 Å². The predicted molar refractivity (Wildman–Crippen MR) is 283 cm³/mol. The smallest absolute Gasteiger partial charge is 0.159 e. The van der Waals surface area contributed by atoms with Crippen molar-refractivity contribution in [1.29, 1.82) is 0 Å². The van der Waals surface area contributed by atoms with Gasteiger partial charge in [0, 0.05) is 90.0 Å². The second-order valence-electron chi connectivity index (χ2n) is 17.2. The van der Waals surface area contributed by atoms with E-state index in [2.05, 4.69) is 192 Å². The number of fused-ring (bicyclic) bond motifs is 15. The van der Waals surface area contributed by atoms with Crippen LogP contribution in [0.4, 0.5) is 34.1 Å². The minimum absolute atomic E-state index is 0.799. The van der Waals surface area contributed by atoms with Crippen LogP contribution in [0.25, 0.3) is 106 Å². The molecule has 0 radical (unpaired) electrons. The standard InChI is InChI=1S/C60H34N2O3S2/c1-5-18-50-39(11-1)44-31-35(23-27-52(44)63-50)61(37-25-29-57-46(33-37)41-13-3-7-21-55(41)66-57)48-16-10-20-54-59(48)43-15-9-17-49(60(43)65-54)62(36-24-28-53-45(32-36)40-12-2-6-19-51(40)64-53)38-26-30-58-47(34-38)42-14-4-8-22-56(42)67-58/h1-34H. The number of rotatable bonds is 6. The summed E-state index contributed by atoms with van der Waals surface area (Å²) in [5, 5.41) is 11.3. The minimum Gasteiger partial charge on any atom is -0.456 e. The Kier molecular flexibility index (Phi) is 7.75. The highest BCUT2D eigenvalue weighted by molar-refractivity contribution is 7.26. The summed E-state index contributed by atoms with van der Waals surface area (Å²) in [4.78, 5) is 4.74. The Hall–Kier alpha value is -8.36. The molecular formula is C60H34N2O3S2. The molecule has 0 amide bonds. The van der Waals surface area contributed by atoms with Crippen LogP contribution in [0.1, 0.15) is 0 Å². The number of nitrogens with zero attached hydrogens (tertiary/aromatic N) is 2. The highest BCUT2D eigenvalue weighted by Gasteiger charge is 2.25. The van der Waals surface area contributed by atoms with Gasteiger partial charge in [-0.25, -0.2) is 0 Å². The first-order valence-electron chi connectivity index (χ1n) is 22.4. The molecule has 5 heterocycles. The molecule has 0 saturated carbocycles. The molecule has 0 aliphatic carbocycles. The minimum atomic E-state index is 0.799. The van der Waals surface area contributed by atoms with Crippen molar-refractivity contribution in [3.63, 3.8) is 0 Å². The van der Waals surface area contributed by atoms with Gasteiger partial charge < -0.3 is 23.1 Å². The summed E-state index contributed by atoms with van der Waals surface area (Å²) in [5.41, 5.74) is 11.1. The van der Waals surface area contributed by atoms with E-state index < -0.39 is 0 Å². The lowest BCUT2D eigenvalue weighted by Gasteiger charge is -2.27. The van der Waals surface area contributed by atoms with E-state index in [0.717, 1.165) is 99.9 Å². The summed E-state index contributed by atoms with van der Waals surface area (Å²) in [6.07, 6.45) is 0. The molecular weight excluding hydrogens is 861 g/mol. The summed E-state index contributed by atoms with van der Waals surface area (Å²) >= 11 is 3.66. The summed E-state index contributed by atoms with van der Waals surface area (Å²) in [5.74, 6) is 0. The first-order valence-corrected chi connectivity index (χ1v) is 24.0. The monoisotopic (exact) mass is 894 g/mol. The third kappa shape index (κ3) is 5.53. The van der Waals surface area contributed by atoms with Gasteiger partial charge >= 0.3 is 0 Å². The molecule has 0 bridgehead atoms. The van der Waals surface area contributed by atoms with Crippen molar-refractivity contribution in [3.05, 3.63) is 206 Å². The van der Waals surface area contributed by atoms with Gasteiger partial charge in [0.05, 0.1) is 16.8 Å². The Morgan fingerprint density at radius 1 is 0.269 bits per heavy atom. The van der Waals surface area contributed by atoms with Crippen LogP contribution >= 0.6 is 22.7 Å². The Morgan fingerprint density at radius 2 is 0.672 bits per heavy atom. The van der Waals surface area contributed by atoms with Crippen molar-refractivity contribution in [1.82, 2.24) is 0 Å². The number of furan rings is 3. The van der Waals surface area contributed by atoms with Crippen LogP contribution in [-0.4, -0.2) is 0 Å². The second kappa shape index (κ2) is 14.1. The number of thiophene rings is 2. The zero-order valence-electron chi connectivity index (χ0n) is 35.6. The van der Waals surface area contributed by atoms with E-state index in [0.29, 0.717) is 0 Å². The van der Waals surface area contributed by atoms with Crippen LogP contribution < -0.4 is 9.80 Å². The fraction of sp³-hybridized carbons (Fsp3) is 0. The largest absolute Gasteiger partial charge is 0.456 e. The molecule has 0 aliphatic heterocycles. The first-order chi connectivity index (χ1) is 33.2. The van der Waals surface area contributed by atoms with E-state index in [1.54, 1.807) is 0 Å². The van der Waals surface area contributed by atoms with Gasteiger partial charge in [0.25, 0.3) is 0 Å². The molecule has 10 aromatic carbocycles. The van der Waals surface area contributed by atoms with Gasteiger partial charge in [-0.05, 0) is 115 Å². The molecule has 67 heavy (non-hydrogen) atoms. The van der Waals surface area contributed by atoms with Crippen LogP contribution in [0.5, 0.6) is 0 Å². The van der Waals surface area contributed by atoms with Gasteiger partial charge in [-0.3, -0.25) is 0 Å². The van der Waals surface area contributed by atoms with Crippen LogP contribution in [0.2, 0.25) is 0 Å². The lowest BCUT2D eigenvalue weighted by Crippen LogP contribution is -2.10. The molecule has 5 aromatic heterocycles. The fourth-order valence-corrected chi connectivity index (χ4v) is 12.6. The van der Waals surface area contributed by atoms with E-state index in [1.807, 2.05) is 46.9 Å². The number of hydrogen-bond acceptors (Lipinski definition) is 7. The second-order valence-corrected chi connectivity index (χ2v) is 19.4. The summed E-state index contributed by atoms with van der Waals surface area (Å²) in [7, 11) is 0. The highest BCUT2D eigenvalue weighted by atomic mass is 32.1. The third-order valence-corrected chi connectivity index (χ3v) is 15.7. The van der Waals surface area contributed by atoms with E-state index in [1.165, 1.54) is 40.3 Å². The predicted octanol–water partition coefficient (Wildman–Crippen LogP) is 19.1. The zero-order chi connectivity index (χ0) is 43.7. The molecule has 0 aliphatic rings. The van der Waals surface area contributed by atoms with Crippen LogP contribution in [0, 0.1) is 0 Å². The van der Waals surface area contributed by atoms with E-state index in [-0.39, 0.29) is 0 Å². The third-order valence-electron chi connectivity index (χ3n) is 13.4. The average molecular weight is 895 g/mol. The van der Waals surface area contributed by atoms with Crippen LogP contribution in [0.3, 0.4) is 0 Å². The first kappa shape index (κ1) is 36.9. The van der Waals surface area contributed by atoms with Crippen molar-refractivity contribution in [2.24, 2.45) is 0 Å². The Labute approximate surface area is 390 Å². The Bertz CT molecular complexity index is 4280. The van der Waals surface area contributed by atoms with Gasteiger partial charge in [0.15, 0.2) is 5.58 Å². The van der Waals surface area contributed by atoms with Crippen molar-refractivity contribution in [2.75, 3.05) is 9.80 Å². The molecule has 0 unspecified atom stereocenters. The zero-order valence-corrected chi connectivity index (χ0v) is 37.2.